The zero-order valence-electron chi connectivity index (χ0n) is 15.6. The zero-order chi connectivity index (χ0) is 20.9. The molecule has 11 heteroatoms. The summed E-state index contributed by atoms with van der Waals surface area (Å²) in [7, 11) is -3.94. The standard InChI is InChI=1S/C18H18FN5O3S2/c1-9-10(2)22-23-18-14(9)15(20)16(28-18)17(25)21-11-7-24(8-11)29(26,27)13-6-4-3-5-12(13)19/h3-6,11H,7-8,20H2,1-2H3,(H,21,25). The van der Waals surface area contributed by atoms with Crippen LogP contribution in [-0.4, -0.2) is 48.0 Å². The van der Waals surface area contributed by atoms with Crippen LogP contribution in [0.4, 0.5) is 10.1 Å². The molecule has 29 heavy (non-hydrogen) atoms. The second-order valence-corrected chi connectivity index (χ2v) is 9.76. The van der Waals surface area contributed by atoms with Crippen molar-refractivity contribution in [1.29, 1.82) is 0 Å². The summed E-state index contributed by atoms with van der Waals surface area (Å²) in [5.74, 6) is -1.19. The predicted octanol–water partition coefficient (Wildman–Crippen LogP) is 1.83. The minimum absolute atomic E-state index is 0.0607. The normalized spacial score (nSPS) is 15.4. The molecule has 1 aromatic carbocycles. The topological polar surface area (TPSA) is 118 Å². The van der Waals surface area contributed by atoms with E-state index in [-0.39, 0.29) is 24.0 Å². The molecule has 0 spiro atoms. The van der Waals surface area contributed by atoms with Gasteiger partial charge < -0.3 is 11.1 Å². The van der Waals surface area contributed by atoms with E-state index in [0.29, 0.717) is 20.8 Å². The van der Waals surface area contributed by atoms with Crippen LogP contribution in [0, 0.1) is 19.7 Å². The van der Waals surface area contributed by atoms with Crippen LogP contribution in [0.1, 0.15) is 20.9 Å². The summed E-state index contributed by atoms with van der Waals surface area (Å²) >= 11 is 1.14. The van der Waals surface area contributed by atoms with Crippen LogP contribution in [0.3, 0.4) is 0 Å². The fourth-order valence-corrected chi connectivity index (χ4v) is 5.78. The molecule has 0 atom stereocenters. The third-order valence-corrected chi connectivity index (χ3v) is 7.93. The van der Waals surface area contributed by atoms with Gasteiger partial charge in [-0.15, -0.1) is 16.4 Å². The molecule has 1 aliphatic heterocycles. The molecule has 1 aliphatic rings. The van der Waals surface area contributed by atoms with Crippen molar-refractivity contribution >= 4 is 43.2 Å². The molecule has 0 bridgehead atoms. The highest BCUT2D eigenvalue weighted by atomic mass is 32.2. The molecular weight excluding hydrogens is 417 g/mol. The first-order valence-corrected chi connectivity index (χ1v) is 11.0. The molecule has 0 aliphatic carbocycles. The predicted molar refractivity (Wildman–Crippen MR) is 108 cm³/mol. The number of aryl methyl sites for hydroxylation is 2. The van der Waals surface area contributed by atoms with Gasteiger partial charge in [0.05, 0.1) is 17.4 Å². The largest absolute Gasteiger partial charge is 0.397 e. The van der Waals surface area contributed by atoms with Gasteiger partial charge in [-0.05, 0) is 31.5 Å². The number of carbonyl (C=O) groups is 1. The quantitative estimate of drug-likeness (QED) is 0.646. The number of amides is 1. The number of sulfonamides is 1. The number of hydrogen-bond acceptors (Lipinski definition) is 7. The van der Waals surface area contributed by atoms with Crippen LogP contribution in [0.25, 0.3) is 10.2 Å². The fourth-order valence-electron chi connectivity index (χ4n) is 3.18. The van der Waals surface area contributed by atoms with E-state index in [2.05, 4.69) is 15.5 Å². The Kier molecular flexibility index (Phi) is 4.75. The zero-order valence-corrected chi connectivity index (χ0v) is 17.3. The van der Waals surface area contributed by atoms with Crippen molar-refractivity contribution in [2.75, 3.05) is 18.8 Å². The van der Waals surface area contributed by atoms with Crippen LogP contribution in [0.2, 0.25) is 0 Å². The van der Waals surface area contributed by atoms with Crippen molar-refractivity contribution in [3.63, 3.8) is 0 Å². The first-order chi connectivity index (χ1) is 13.7. The summed E-state index contributed by atoms with van der Waals surface area (Å²) < 4.78 is 40.0. The van der Waals surface area contributed by atoms with E-state index in [1.165, 1.54) is 18.2 Å². The molecule has 3 aromatic rings. The molecule has 8 nitrogen and oxygen atoms in total. The summed E-state index contributed by atoms with van der Waals surface area (Å²) in [5, 5.41) is 11.6. The number of rotatable bonds is 4. The third-order valence-electron chi connectivity index (χ3n) is 4.98. The number of nitrogens with zero attached hydrogens (tertiary/aromatic N) is 3. The Morgan fingerprint density at radius 2 is 1.97 bits per heavy atom. The van der Waals surface area contributed by atoms with E-state index in [9.17, 15) is 17.6 Å². The lowest BCUT2D eigenvalue weighted by atomic mass is 10.1. The number of fused-ring (bicyclic) bond motifs is 1. The maximum atomic E-state index is 13.8. The molecule has 0 saturated carbocycles. The molecule has 4 rings (SSSR count). The van der Waals surface area contributed by atoms with Gasteiger partial charge in [0.15, 0.2) is 0 Å². The maximum absolute atomic E-state index is 13.8. The van der Waals surface area contributed by atoms with Crippen molar-refractivity contribution < 1.29 is 17.6 Å². The summed E-state index contributed by atoms with van der Waals surface area (Å²) in [4.78, 5) is 13.2. The number of halogens is 1. The first kappa shape index (κ1) is 19.7. The average molecular weight is 436 g/mol. The molecule has 1 fully saturated rings. The second-order valence-electron chi connectivity index (χ2n) is 6.86. The van der Waals surface area contributed by atoms with E-state index in [1.54, 1.807) is 0 Å². The van der Waals surface area contributed by atoms with Gasteiger partial charge in [0.1, 0.15) is 20.4 Å². The molecule has 1 amide bonds. The Morgan fingerprint density at radius 3 is 2.66 bits per heavy atom. The maximum Gasteiger partial charge on any atom is 0.263 e. The van der Waals surface area contributed by atoms with Gasteiger partial charge in [0.2, 0.25) is 10.0 Å². The van der Waals surface area contributed by atoms with E-state index < -0.39 is 21.7 Å². The Labute approximate surface area is 170 Å². The third kappa shape index (κ3) is 3.24. The van der Waals surface area contributed by atoms with Gasteiger partial charge in [0, 0.05) is 18.5 Å². The van der Waals surface area contributed by atoms with Crippen molar-refractivity contribution in [1.82, 2.24) is 19.8 Å². The lowest BCUT2D eigenvalue weighted by molar-refractivity contribution is 0.0900. The van der Waals surface area contributed by atoms with Crippen LogP contribution in [0.15, 0.2) is 29.2 Å². The van der Waals surface area contributed by atoms with Crippen molar-refractivity contribution in [3.8, 4) is 0 Å². The van der Waals surface area contributed by atoms with Crippen molar-refractivity contribution in [3.05, 3.63) is 46.2 Å². The van der Waals surface area contributed by atoms with Gasteiger partial charge in [-0.2, -0.15) is 9.40 Å². The fraction of sp³-hybridized carbons (Fsp3) is 0.278. The van der Waals surface area contributed by atoms with Gasteiger partial charge in [-0.25, -0.2) is 12.8 Å². The Hall–Kier alpha value is -2.63. The molecule has 3 heterocycles. The number of nitrogens with two attached hydrogens (primary N) is 1. The monoisotopic (exact) mass is 435 g/mol. The van der Waals surface area contributed by atoms with Gasteiger partial charge in [-0.3, -0.25) is 4.79 Å². The molecule has 2 aromatic heterocycles. The number of thiophene rings is 1. The highest BCUT2D eigenvalue weighted by molar-refractivity contribution is 7.89. The summed E-state index contributed by atoms with van der Waals surface area (Å²) in [6.07, 6.45) is 0. The molecular formula is C18H18FN5O3S2. The number of nitrogen functional groups attached to an aromatic ring is 1. The lowest BCUT2D eigenvalue weighted by Gasteiger charge is -2.38. The number of aromatic nitrogens is 2. The Morgan fingerprint density at radius 1 is 1.28 bits per heavy atom. The van der Waals surface area contributed by atoms with E-state index in [4.69, 9.17) is 5.73 Å². The number of carbonyl (C=O) groups excluding carboxylic acids is 1. The summed E-state index contributed by atoms with van der Waals surface area (Å²) in [6, 6.07) is 4.83. The van der Waals surface area contributed by atoms with Gasteiger partial charge in [-0.1, -0.05) is 12.1 Å². The Balaban J connectivity index is 1.48. The minimum atomic E-state index is -3.94. The number of anilines is 1. The van der Waals surface area contributed by atoms with Crippen LogP contribution in [-0.2, 0) is 10.0 Å². The van der Waals surface area contributed by atoms with Crippen LogP contribution >= 0.6 is 11.3 Å². The van der Waals surface area contributed by atoms with E-state index >= 15 is 0 Å². The van der Waals surface area contributed by atoms with Crippen molar-refractivity contribution in [2.45, 2.75) is 24.8 Å². The first-order valence-electron chi connectivity index (χ1n) is 8.77. The Bertz CT molecular complexity index is 1240. The summed E-state index contributed by atoms with van der Waals surface area (Å²) in [5.41, 5.74) is 8.12. The lowest BCUT2D eigenvalue weighted by Crippen LogP contribution is -2.60. The molecule has 0 unspecified atom stereocenters. The number of hydrogen-bond donors (Lipinski definition) is 2. The second kappa shape index (κ2) is 7.01. The molecule has 152 valence electrons. The highest BCUT2D eigenvalue weighted by Crippen LogP contribution is 2.35. The van der Waals surface area contributed by atoms with Crippen molar-refractivity contribution in [2.24, 2.45) is 0 Å². The van der Waals surface area contributed by atoms with Crippen LogP contribution in [0.5, 0.6) is 0 Å². The van der Waals surface area contributed by atoms with E-state index in [0.717, 1.165) is 33.0 Å². The summed E-state index contributed by atoms with van der Waals surface area (Å²) in [6.45, 7) is 3.81. The van der Waals surface area contributed by atoms with Crippen LogP contribution < -0.4 is 11.1 Å². The molecule has 0 radical (unpaired) electrons. The number of nitrogens with one attached hydrogen (secondary N) is 1. The smallest absolute Gasteiger partial charge is 0.263 e. The van der Waals surface area contributed by atoms with Gasteiger partial charge >= 0.3 is 0 Å². The SMILES string of the molecule is Cc1nnc2sc(C(=O)NC3CN(S(=O)(=O)c4ccccc4F)C3)c(N)c2c1C. The minimum Gasteiger partial charge on any atom is -0.397 e. The van der Waals surface area contributed by atoms with E-state index in [1.807, 2.05) is 13.8 Å². The number of benzene rings is 1. The van der Waals surface area contributed by atoms with Gasteiger partial charge in [0.25, 0.3) is 5.91 Å². The molecule has 1 saturated heterocycles. The molecule has 3 N–H and O–H groups in total. The highest BCUT2D eigenvalue weighted by Gasteiger charge is 2.39. The average Bonchev–Trinajstić information content (AvgIpc) is 2.98.